The van der Waals surface area contributed by atoms with Gasteiger partial charge in [0.15, 0.2) is 0 Å². The van der Waals surface area contributed by atoms with Crippen LogP contribution in [0.2, 0.25) is 0 Å². The number of likely N-dealkylation sites (tertiary alicyclic amines) is 1. The highest BCUT2D eigenvalue weighted by Crippen LogP contribution is 2.15. The quantitative estimate of drug-likeness (QED) is 0.828. The molecule has 0 aromatic carbocycles. The average molecular weight is 287 g/mol. The highest BCUT2D eigenvalue weighted by molar-refractivity contribution is 5.74. The Morgan fingerprint density at radius 3 is 3.19 bits per heavy atom. The van der Waals surface area contributed by atoms with Crippen molar-refractivity contribution in [3.8, 4) is 6.07 Å². The molecule has 0 aliphatic carbocycles. The molecule has 1 aromatic rings. The molecular formula is C15H21N5O. The molecule has 2 N–H and O–H groups in total. The van der Waals surface area contributed by atoms with Crippen molar-refractivity contribution >= 4 is 11.8 Å². The summed E-state index contributed by atoms with van der Waals surface area (Å²) in [6.45, 7) is 4.89. The van der Waals surface area contributed by atoms with Crippen molar-refractivity contribution < 1.29 is 4.79 Å². The van der Waals surface area contributed by atoms with Gasteiger partial charge in [-0.25, -0.2) is 9.78 Å². The Morgan fingerprint density at radius 2 is 2.43 bits per heavy atom. The van der Waals surface area contributed by atoms with Crippen molar-refractivity contribution in [2.45, 2.75) is 19.8 Å². The third kappa shape index (κ3) is 4.35. The number of nitrogens with one attached hydrogen (secondary N) is 2. The van der Waals surface area contributed by atoms with Gasteiger partial charge in [0.1, 0.15) is 11.9 Å². The lowest BCUT2D eigenvalue weighted by Crippen LogP contribution is -2.46. The van der Waals surface area contributed by atoms with Crippen LogP contribution < -0.4 is 10.6 Å². The van der Waals surface area contributed by atoms with Gasteiger partial charge in [0.25, 0.3) is 0 Å². The summed E-state index contributed by atoms with van der Waals surface area (Å²) in [5.41, 5.74) is 0.508. The number of nitriles is 1. The van der Waals surface area contributed by atoms with Crippen LogP contribution >= 0.6 is 0 Å². The first kappa shape index (κ1) is 15.1. The van der Waals surface area contributed by atoms with Gasteiger partial charge in [-0.05, 0) is 30.9 Å². The van der Waals surface area contributed by atoms with E-state index in [0.717, 1.165) is 19.5 Å². The smallest absolute Gasteiger partial charge is 0.317 e. The van der Waals surface area contributed by atoms with Gasteiger partial charge in [-0.1, -0.05) is 6.92 Å². The van der Waals surface area contributed by atoms with Crippen molar-refractivity contribution in [2.24, 2.45) is 5.92 Å². The Balaban J connectivity index is 1.72. The number of hydrogen-bond acceptors (Lipinski definition) is 4. The molecule has 1 aliphatic heterocycles. The number of nitrogens with zero attached hydrogens (tertiary/aromatic N) is 3. The third-order valence-corrected chi connectivity index (χ3v) is 3.57. The van der Waals surface area contributed by atoms with Crippen molar-refractivity contribution in [2.75, 3.05) is 31.5 Å². The molecule has 0 saturated carbocycles. The number of aromatic nitrogens is 1. The van der Waals surface area contributed by atoms with E-state index in [0.29, 0.717) is 30.4 Å². The number of hydrogen-bond donors (Lipinski definition) is 2. The van der Waals surface area contributed by atoms with Gasteiger partial charge in [-0.3, -0.25) is 0 Å². The van der Waals surface area contributed by atoms with Gasteiger partial charge < -0.3 is 15.5 Å². The second kappa shape index (κ2) is 7.48. The average Bonchev–Trinajstić information content (AvgIpc) is 2.51. The molecule has 1 atom stereocenters. The molecule has 0 bridgehead atoms. The molecule has 1 fully saturated rings. The van der Waals surface area contributed by atoms with Crippen LogP contribution in [-0.4, -0.2) is 42.1 Å². The predicted molar refractivity (Wildman–Crippen MR) is 80.8 cm³/mol. The fraction of sp³-hybridized carbons (Fsp3) is 0.533. The first-order valence-corrected chi connectivity index (χ1v) is 7.32. The molecule has 1 unspecified atom stereocenters. The van der Waals surface area contributed by atoms with E-state index in [2.05, 4.69) is 28.6 Å². The number of amides is 2. The first-order chi connectivity index (χ1) is 10.2. The molecule has 6 heteroatoms. The molecule has 1 aromatic heterocycles. The maximum atomic E-state index is 12.0. The zero-order chi connectivity index (χ0) is 15.1. The number of pyridine rings is 1. The number of anilines is 1. The molecule has 21 heavy (non-hydrogen) atoms. The van der Waals surface area contributed by atoms with E-state index >= 15 is 0 Å². The van der Waals surface area contributed by atoms with Crippen LogP contribution in [0.4, 0.5) is 10.6 Å². The molecule has 0 radical (unpaired) electrons. The Morgan fingerprint density at radius 1 is 1.57 bits per heavy atom. The lowest BCUT2D eigenvalue weighted by Gasteiger charge is -2.30. The highest BCUT2D eigenvalue weighted by atomic mass is 16.2. The molecule has 6 nitrogen and oxygen atoms in total. The van der Waals surface area contributed by atoms with Gasteiger partial charge in [0.2, 0.25) is 0 Å². The van der Waals surface area contributed by atoms with Crippen LogP contribution in [0.5, 0.6) is 0 Å². The summed E-state index contributed by atoms with van der Waals surface area (Å²) in [4.78, 5) is 18.0. The Bertz CT molecular complexity index is 525. The standard InChI is InChI=1S/C15H21N5O/c1-12-4-3-9-20(11-12)15(21)19-8-7-18-14-13(10-16)5-2-6-17-14/h2,5-6,12H,3-4,7-9,11H2,1H3,(H,17,18)(H,19,21). The van der Waals surface area contributed by atoms with E-state index in [1.165, 1.54) is 6.42 Å². The maximum Gasteiger partial charge on any atom is 0.317 e. The zero-order valence-electron chi connectivity index (χ0n) is 12.3. The Kier molecular flexibility index (Phi) is 5.38. The van der Waals surface area contributed by atoms with Crippen LogP contribution in [-0.2, 0) is 0 Å². The number of rotatable bonds is 4. The summed E-state index contributed by atoms with van der Waals surface area (Å²) >= 11 is 0. The van der Waals surface area contributed by atoms with Crippen molar-refractivity contribution in [1.82, 2.24) is 15.2 Å². The summed E-state index contributed by atoms with van der Waals surface area (Å²) in [6.07, 6.45) is 3.91. The first-order valence-electron chi connectivity index (χ1n) is 7.32. The van der Waals surface area contributed by atoms with E-state index in [1.807, 2.05) is 4.90 Å². The minimum atomic E-state index is -0.00937. The third-order valence-electron chi connectivity index (χ3n) is 3.57. The van der Waals surface area contributed by atoms with E-state index in [4.69, 9.17) is 5.26 Å². The van der Waals surface area contributed by atoms with Crippen LogP contribution in [0.25, 0.3) is 0 Å². The van der Waals surface area contributed by atoms with Crippen LogP contribution in [0, 0.1) is 17.2 Å². The van der Waals surface area contributed by atoms with Gasteiger partial charge >= 0.3 is 6.03 Å². The normalized spacial score (nSPS) is 17.9. The lowest BCUT2D eigenvalue weighted by atomic mass is 10.0. The molecule has 2 rings (SSSR count). The molecule has 112 valence electrons. The highest BCUT2D eigenvalue weighted by Gasteiger charge is 2.20. The van der Waals surface area contributed by atoms with E-state index in [9.17, 15) is 4.79 Å². The van der Waals surface area contributed by atoms with E-state index in [-0.39, 0.29) is 6.03 Å². The minimum absolute atomic E-state index is 0.00937. The summed E-state index contributed by atoms with van der Waals surface area (Å²) < 4.78 is 0. The molecule has 2 amide bonds. The fourth-order valence-electron chi connectivity index (χ4n) is 2.47. The van der Waals surface area contributed by atoms with E-state index in [1.54, 1.807) is 18.3 Å². The summed E-state index contributed by atoms with van der Waals surface area (Å²) in [6, 6.07) is 5.51. The van der Waals surface area contributed by atoms with Crippen molar-refractivity contribution in [3.63, 3.8) is 0 Å². The minimum Gasteiger partial charge on any atom is -0.367 e. The van der Waals surface area contributed by atoms with Crippen LogP contribution in [0.3, 0.4) is 0 Å². The molecule has 1 saturated heterocycles. The fourth-order valence-corrected chi connectivity index (χ4v) is 2.47. The SMILES string of the molecule is CC1CCCN(C(=O)NCCNc2ncccc2C#N)C1. The second-order valence-corrected chi connectivity index (χ2v) is 5.36. The summed E-state index contributed by atoms with van der Waals surface area (Å²) in [5, 5.41) is 14.9. The van der Waals surface area contributed by atoms with Gasteiger partial charge in [-0.2, -0.15) is 5.26 Å². The Hall–Kier alpha value is -2.29. The topological polar surface area (TPSA) is 81.1 Å². The number of piperidine rings is 1. The van der Waals surface area contributed by atoms with Gasteiger partial charge in [-0.15, -0.1) is 0 Å². The number of urea groups is 1. The van der Waals surface area contributed by atoms with Gasteiger partial charge in [0, 0.05) is 32.4 Å². The molecular weight excluding hydrogens is 266 g/mol. The molecule has 1 aliphatic rings. The summed E-state index contributed by atoms with van der Waals surface area (Å²) in [5.74, 6) is 1.13. The second-order valence-electron chi connectivity index (χ2n) is 5.36. The zero-order valence-corrected chi connectivity index (χ0v) is 12.3. The maximum absolute atomic E-state index is 12.0. The number of carbonyl (C=O) groups excluding carboxylic acids is 1. The Labute approximate surface area is 125 Å². The van der Waals surface area contributed by atoms with Crippen LogP contribution in [0.1, 0.15) is 25.3 Å². The van der Waals surface area contributed by atoms with Crippen molar-refractivity contribution in [3.05, 3.63) is 23.9 Å². The number of carbonyl (C=O) groups is 1. The van der Waals surface area contributed by atoms with E-state index < -0.39 is 0 Å². The monoisotopic (exact) mass is 287 g/mol. The summed E-state index contributed by atoms with van der Waals surface area (Å²) in [7, 11) is 0. The lowest BCUT2D eigenvalue weighted by molar-refractivity contribution is 0.170. The predicted octanol–water partition coefficient (Wildman–Crippen LogP) is 1.81. The van der Waals surface area contributed by atoms with Crippen molar-refractivity contribution in [1.29, 1.82) is 5.26 Å². The largest absolute Gasteiger partial charge is 0.367 e. The van der Waals surface area contributed by atoms with Crippen LogP contribution in [0.15, 0.2) is 18.3 Å². The molecule has 2 heterocycles. The van der Waals surface area contributed by atoms with Gasteiger partial charge in [0.05, 0.1) is 5.56 Å². The molecule has 0 spiro atoms.